The Morgan fingerprint density at radius 3 is 2.83 bits per heavy atom. The molecule has 0 atom stereocenters. The molecule has 0 aliphatic heterocycles. The lowest BCUT2D eigenvalue weighted by molar-refractivity contribution is 0.0782. The van der Waals surface area contributed by atoms with E-state index in [9.17, 15) is 14.0 Å². The van der Waals surface area contributed by atoms with Crippen molar-refractivity contribution in [3.05, 3.63) is 64.2 Å². The molecule has 0 bridgehead atoms. The summed E-state index contributed by atoms with van der Waals surface area (Å²) in [6.45, 7) is 2.33. The Morgan fingerprint density at radius 2 is 2.14 bits per heavy atom. The number of urea groups is 1. The summed E-state index contributed by atoms with van der Waals surface area (Å²) in [4.78, 5) is 30.4. The van der Waals surface area contributed by atoms with Crippen LogP contribution in [0.25, 0.3) is 0 Å². The van der Waals surface area contributed by atoms with Crippen molar-refractivity contribution >= 4 is 28.4 Å². The van der Waals surface area contributed by atoms with E-state index >= 15 is 0 Å². The highest BCUT2D eigenvalue weighted by atomic mass is 32.1. The number of carbonyl (C=O) groups is 2. The molecule has 3 rings (SSSR count). The summed E-state index contributed by atoms with van der Waals surface area (Å²) >= 11 is 1.26. The maximum absolute atomic E-state index is 13.2. The summed E-state index contributed by atoms with van der Waals surface area (Å²) < 4.78 is 14.8. The van der Waals surface area contributed by atoms with Crippen LogP contribution in [0.5, 0.6) is 0 Å². The van der Waals surface area contributed by atoms with Gasteiger partial charge >= 0.3 is 6.03 Å². The normalized spacial score (nSPS) is 10.6. The van der Waals surface area contributed by atoms with Gasteiger partial charge in [0.15, 0.2) is 5.13 Å². The quantitative estimate of drug-likeness (QED) is 0.646. The molecule has 0 saturated heterocycles. The van der Waals surface area contributed by atoms with E-state index in [2.05, 4.69) is 20.7 Å². The molecule has 0 saturated carbocycles. The van der Waals surface area contributed by atoms with E-state index in [4.69, 9.17) is 0 Å². The largest absolute Gasteiger partial charge is 0.336 e. The fraction of sp³-hybridized carbons (Fsp3) is 0.263. The maximum atomic E-state index is 13.2. The third-order valence-corrected chi connectivity index (χ3v) is 5.13. The van der Waals surface area contributed by atoms with Crippen molar-refractivity contribution < 1.29 is 14.0 Å². The average Bonchev–Trinajstić information content (AvgIpc) is 3.26. The van der Waals surface area contributed by atoms with Gasteiger partial charge in [-0.3, -0.25) is 14.8 Å². The second-order valence-electron chi connectivity index (χ2n) is 6.51. The molecule has 2 aromatic heterocycles. The number of thiazole rings is 1. The minimum absolute atomic E-state index is 0.147. The Balaban J connectivity index is 1.52. The minimum atomic E-state index is -0.439. The molecule has 10 heteroatoms. The molecular weight excluding hydrogens is 395 g/mol. The number of rotatable bonds is 6. The van der Waals surface area contributed by atoms with Crippen LogP contribution in [0, 0.1) is 12.7 Å². The van der Waals surface area contributed by atoms with Crippen molar-refractivity contribution in [1.82, 2.24) is 25.0 Å². The lowest BCUT2D eigenvalue weighted by Crippen LogP contribution is -2.28. The van der Waals surface area contributed by atoms with Crippen LogP contribution in [0.3, 0.4) is 0 Å². The first-order valence-corrected chi connectivity index (χ1v) is 9.69. The number of nitrogens with one attached hydrogen (secondary N) is 2. The SMILES string of the molecule is Cc1c(C(=O)N(C)Cc2csc(NC(=O)NCc3cccc(F)c3)n2)cnn1C. The molecule has 0 unspecified atom stereocenters. The zero-order chi connectivity index (χ0) is 21.0. The molecule has 0 fully saturated rings. The van der Waals surface area contributed by atoms with E-state index in [1.165, 1.54) is 23.5 Å². The summed E-state index contributed by atoms with van der Waals surface area (Å²) in [7, 11) is 3.47. The highest BCUT2D eigenvalue weighted by molar-refractivity contribution is 7.13. The molecule has 3 aromatic rings. The van der Waals surface area contributed by atoms with Gasteiger partial charge in [-0.1, -0.05) is 12.1 Å². The number of nitrogens with zero attached hydrogens (tertiary/aromatic N) is 4. The Bertz CT molecular complexity index is 1030. The van der Waals surface area contributed by atoms with Gasteiger partial charge in [-0.2, -0.15) is 5.10 Å². The highest BCUT2D eigenvalue weighted by Gasteiger charge is 2.18. The summed E-state index contributed by atoms with van der Waals surface area (Å²) in [5.74, 6) is -0.500. The fourth-order valence-corrected chi connectivity index (χ4v) is 3.33. The predicted octanol–water partition coefficient (Wildman–Crippen LogP) is 2.92. The van der Waals surface area contributed by atoms with Crippen molar-refractivity contribution in [2.75, 3.05) is 12.4 Å². The van der Waals surface area contributed by atoms with Gasteiger partial charge in [0.2, 0.25) is 0 Å². The van der Waals surface area contributed by atoms with Gasteiger partial charge < -0.3 is 10.2 Å². The molecule has 0 spiro atoms. The lowest BCUT2D eigenvalue weighted by Gasteiger charge is -2.15. The minimum Gasteiger partial charge on any atom is -0.336 e. The van der Waals surface area contributed by atoms with Crippen molar-refractivity contribution in [2.45, 2.75) is 20.0 Å². The smallest absolute Gasteiger partial charge is 0.321 e. The van der Waals surface area contributed by atoms with E-state index in [1.807, 2.05) is 6.92 Å². The molecule has 0 radical (unpaired) electrons. The monoisotopic (exact) mass is 416 g/mol. The number of anilines is 1. The summed E-state index contributed by atoms with van der Waals surface area (Å²) in [6, 6.07) is 5.58. The van der Waals surface area contributed by atoms with Crippen molar-refractivity contribution in [3.8, 4) is 0 Å². The van der Waals surface area contributed by atoms with Crippen molar-refractivity contribution in [3.63, 3.8) is 0 Å². The molecule has 3 amide bonds. The number of halogens is 1. The summed E-state index contributed by atoms with van der Waals surface area (Å²) in [5.41, 5.74) is 2.65. The van der Waals surface area contributed by atoms with Gasteiger partial charge in [0.1, 0.15) is 5.82 Å². The molecule has 1 aromatic carbocycles. The second-order valence-corrected chi connectivity index (χ2v) is 7.37. The first-order valence-electron chi connectivity index (χ1n) is 8.81. The van der Waals surface area contributed by atoms with E-state index < -0.39 is 6.03 Å². The molecule has 0 aliphatic carbocycles. The van der Waals surface area contributed by atoms with Gasteiger partial charge in [0, 0.05) is 31.7 Å². The topological polar surface area (TPSA) is 92.2 Å². The summed E-state index contributed by atoms with van der Waals surface area (Å²) in [6.07, 6.45) is 1.55. The third kappa shape index (κ3) is 5.17. The second kappa shape index (κ2) is 8.82. The van der Waals surface area contributed by atoms with Crippen LogP contribution in [-0.4, -0.2) is 38.7 Å². The standard InChI is InChI=1S/C19H21FN6O2S/c1-12-16(9-22-26(12)3)17(27)25(2)10-15-11-29-19(23-15)24-18(28)21-8-13-5-4-6-14(20)7-13/h4-7,9,11H,8,10H2,1-3H3,(H2,21,23,24,28). The molecule has 2 heterocycles. The Morgan fingerprint density at radius 1 is 1.34 bits per heavy atom. The van der Waals surface area contributed by atoms with Crippen LogP contribution >= 0.6 is 11.3 Å². The van der Waals surface area contributed by atoms with Crippen LogP contribution < -0.4 is 10.6 Å². The average molecular weight is 416 g/mol. The number of aromatic nitrogens is 3. The number of aryl methyl sites for hydroxylation is 1. The van der Waals surface area contributed by atoms with Crippen LogP contribution in [0.2, 0.25) is 0 Å². The number of amides is 3. The molecule has 2 N–H and O–H groups in total. The van der Waals surface area contributed by atoms with Crippen LogP contribution in [0.1, 0.15) is 27.3 Å². The number of carbonyl (C=O) groups excluding carboxylic acids is 2. The molecular formula is C19H21FN6O2S. The fourth-order valence-electron chi connectivity index (χ4n) is 2.64. The van der Waals surface area contributed by atoms with Gasteiger partial charge in [0.25, 0.3) is 5.91 Å². The highest BCUT2D eigenvalue weighted by Crippen LogP contribution is 2.18. The third-order valence-electron chi connectivity index (χ3n) is 4.33. The first-order chi connectivity index (χ1) is 13.8. The lowest BCUT2D eigenvalue weighted by atomic mass is 10.2. The zero-order valence-corrected chi connectivity index (χ0v) is 17.1. The van der Waals surface area contributed by atoms with Gasteiger partial charge in [-0.15, -0.1) is 11.3 Å². The molecule has 0 aliphatic rings. The number of hydrogen-bond acceptors (Lipinski definition) is 5. The molecule has 152 valence electrons. The Hall–Kier alpha value is -3.27. The molecule has 29 heavy (non-hydrogen) atoms. The Kier molecular flexibility index (Phi) is 6.23. The zero-order valence-electron chi connectivity index (χ0n) is 16.3. The van der Waals surface area contributed by atoms with Gasteiger partial charge in [-0.25, -0.2) is 14.2 Å². The van der Waals surface area contributed by atoms with E-state index in [0.29, 0.717) is 28.5 Å². The maximum Gasteiger partial charge on any atom is 0.321 e. The number of benzene rings is 1. The Labute approximate surface area is 171 Å². The van der Waals surface area contributed by atoms with E-state index in [-0.39, 0.29) is 18.3 Å². The van der Waals surface area contributed by atoms with E-state index in [1.54, 1.807) is 47.4 Å². The summed E-state index contributed by atoms with van der Waals surface area (Å²) in [5, 5.41) is 11.6. The van der Waals surface area contributed by atoms with E-state index in [0.717, 1.165) is 5.69 Å². The van der Waals surface area contributed by atoms with Crippen LogP contribution in [0.15, 0.2) is 35.8 Å². The number of hydrogen-bond donors (Lipinski definition) is 2. The van der Waals surface area contributed by atoms with Crippen molar-refractivity contribution in [1.29, 1.82) is 0 Å². The molecule has 8 nitrogen and oxygen atoms in total. The predicted molar refractivity (Wildman–Crippen MR) is 108 cm³/mol. The van der Waals surface area contributed by atoms with Gasteiger partial charge in [0.05, 0.1) is 24.0 Å². The van der Waals surface area contributed by atoms with Crippen LogP contribution in [-0.2, 0) is 20.1 Å². The van der Waals surface area contributed by atoms with Crippen molar-refractivity contribution in [2.24, 2.45) is 7.05 Å². The first kappa shape index (κ1) is 20.5. The van der Waals surface area contributed by atoms with Gasteiger partial charge in [-0.05, 0) is 24.6 Å². The van der Waals surface area contributed by atoms with Crippen LogP contribution in [0.4, 0.5) is 14.3 Å².